The fourth-order valence-electron chi connectivity index (χ4n) is 1.76. The van der Waals surface area contributed by atoms with E-state index in [1.165, 1.54) is 4.88 Å². The minimum atomic E-state index is 0.217. The number of hydrogen-bond acceptors (Lipinski definition) is 4. The van der Waals surface area contributed by atoms with E-state index in [9.17, 15) is 0 Å². The van der Waals surface area contributed by atoms with Gasteiger partial charge in [-0.05, 0) is 25.1 Å². The lowest BCUT2D eigenvalue weighted by atomic mass is 10.2. The Morgan fingerprint density at radius 1 is 1.56 bits per heavy atom. The van der Waals surface area contributed by atoms with E-state index >= 15 is 0 Å². The second-order valence-electron chi connectivity index (χ2n) is 3.60. The van der Waals surface area contributed by atoms with Crippen LogP contribution in [0.25, 0.3) is 0 Å². The molecule has 1 heterocycles. The smallest absolute Gasteiger partial charge is 0.0931 e. The molecule has 0 fully saturated rings. The molecule has 1 aromatic rings. The highest BCUT2D eigenvalue weighted by Gasteiger charge is 2.18. The van der Waals surface area contributed by atoms with Crippen LogP contribution < -0.4 is 5.73 Å². The maximum Gasteiger partial charge on any atom is 0.0931 e. The summed E-state index contributed by atoms with van der Waals surface area (Å²) in [4.78, 5) is 3.48. The van der Waals surface area contributed by atoms with Crippen molar-refractivity contribution in [1.29, 1.82) is 0 Å². The molecule has 0 aliphatic rings. The second kappa shape index (κ2) is 7.25. The largest absolute Gasteiger partial charge is 0.396 e. The van der Waals surface area contributed by atoms with Crippen molar-refractivity contribution in [3.63, 3.8) is 0 Å². The Hall–Kier alpha value is -0.130. The van der Waals surface area contributed by atoms with Gasteiger partial charge in [0, 0.05) is 24.6 Å². The summed E-state index contributed by atoms with van der Waals surface area (Å²) in [7, 11) is 0. The van der Waals surface area contributed by atoms with Gasteiger partial charge in [0.1, 0.15) is 0 Å². The molecule has 1 atom stereocenters. The summed E-state index contributed by atoms with van der Waals surface area (Å²) >= 11 is 7.51. The third-order valence-electron chi connectivity index (χ3n) is 2.60. The predicted molar refractivity (Wildman–Crippen MR) is 70.1 cm³/mol. The molecular formula is C11H19ClN2OS. The number of aliphatic hydroxyl groups is 1. The zero-order valence-corrected chi connectivity index (χ0v) is 11.1. The Bertz CT molecular complexity index is 306. The maximum absolute atomic E-state index is 8.86. The van der Waals surface area contributed by atoms with Gasteiger partial charge in [-0.3, -0.25) is 4.90 Å². The van der Waals surface area contributed by atoms with E-state index in [1.807, 2.05) is 12.1 Å². The highest BCUT2D eigenvalue weighted by Crippen LogP contribution is 2.29. The van der Waals surface area contributed by atoms with Gasteiger partial charge in [0.25, 0.3) is 0 Å². The Balaban J connectivity index is 2.70. The molecule has 5 heteroatoms. The minimum Gasteiger partial charge on any atom is -0.396 e. The van der Waals surface area contributed by atoms with Crippen molar-refractivity contribution in [3.8, 4) is 0 Å². The Morgan fingerprint density at radius 2 is 2.31 bits per heavy atom. The molecule has 0 radical (unpaired) electrons. The van der Waals surface area contributed by atoms with E-state index in [0.29, 0.717) is 6.54 Å². The van der Waals surface area contributed by atoms with Crippen LogP contribution in [0.4, 0.5) is 0 Å². The standard InChI is InChI=1S/C11H19ClN2OS/c1-2-14(6-3-7-15)9(8-13)10-4-5-11(12)16-10/h4-5,9,15H,2-3,6-8,13H2,1H3. The van der Waals surface area contributed by atoms with E-state index in [2.05, 4.69) is 11.8 Å². The van der Waals surface area contributed by atoms with Crippen LogP contribution in [0.15, 0.2) is 12.1 Å². The van der Waals surface area contributed by atoms with Gasteiger partial charge in [-0.25, -0.2) is 0 Å². The molecular weight excluding hydrogens is 244 g/mol. The first-order chi connectivity index (χ1) is 7.72. The lowest BCUT2D eigenvalue weighted by molar-refractivity contribution is 0.187. The summed E-state index contributed by atoms with van der Waals surface area (Å²) in [6.45, 7) is 4.70. The topological polar surface area (TPSA) is 49.5 Å². The third kappa shape index (κ3) is 3.71. The Morgan fingerprint density at radius 3 is 2.75 bits per heavy atom. The number of halogens is 1. The van der Waals surface area contributed by atoms with Gasteiger partial charge in [-0.15, -0.1) is 11.3 Å². The quantitative estimate of drug-likeness (QED) is 0.791. The van der Waals surface area contributed by atoms with Crippen LogP contribution in [0, 0.1) is 0 Å². The van der Waals surface area contributed by atoms with E-state index in [0.717, 1.165) is 23.8 Å². The molecule has 0 amide bonds. The molecule has 1 rings (SSSR count). The van der Waals surface area contributed by atoms with Gasteiger partial charge in [-0.1, -0.05) is 18.5 Å². The molecule has 0 aliphatic heterocycles. The predicted octanol–water partition coefficient (Wildman–Crippen LogP) is 2.11. The second-order valence-corrected chi connectivity index (χ2v) is 5.35. The summed E-state index contributed by atoms with van der Waals surface area (Å²) in [6, 6.07) is 4.16. The van der Waals surface area contributed by atoms with Crippen molar-refractivity contribution in [2.45, 2.75) is 19.4 Å². The normalized spacial score (nSPS) is 13.3. The number of nitrogens with two attached hydrogens (primary N) is 1. The van der Waals surface area contributed by atoms with E-state index in [4.69, 9.17) is 22.4 Å². The SMILES string of the molecule is CCN(CCCO)C(CN)c1ccc(Cl)s1. The summed E-state index contributed by atoms with van der Waals surface area (Å²) in [5, 5.41) is 8.86. The van der Waals surface area contributed by atoms with Gasteiger partial charge in [-0.2, -0.15) is 0 Å². The van der Waals surface area contributed by atoms with Crippen molar-refractivity contribution in [3.05, 3.63) is 21.3 Å². The number of likely N-dealkylation sites (N-methyl/N-ethyl adjacent to an activating group) is 1. The van der Waals surface area contributed by atoms with Crippen molar-refractivity contribution >= 4 is 22.9 Å². The molecule has 16 heavy (non-hydrogen) atoms. The van der Waals surface area contributed by atoms with E-state index in [-0.39, 0.29) is 12.6 Å². The third-order valence-corrected chi connectivity index (χ3v) is 3.93. The molecule has 0 aliphatic carbocycles. The van der Waals surface area contributed by atoms with Crippen molar-refractivity contribution in [2.75, 3.05) is 26.2 Å². The highest BCUT2D eigenvalue weighted by atomic mass is 35.5. The van der Waals surface area contributed by atoms with Gasteiger partial charge in [0.05, 0.1) is 10.4 Å². The zero-order valence-electron chi connectivity index (χ0n) is 9.53. The van der Waals surface area contributed by atoms with Crippen LogP contribution in [0.2, 0.25) is 4.34 Å². The highest BCUT2D eigenvalue weighted by molar-refractivity contribution is 7.16. The first-order valence-electron chi connectivity index (χ1n) is 5.53. The summed E-state index contributed by atoms with van der Waals surface area (Å²) in [5.41, 5.74) is 5.82. The van der Waals surface area contributed by atoms with Crippen LogP contribution in [-0.4, -0.2) is 36.2 Å². The fourth-order valence-corrected chi connectivity index (χ4v) is 2.97. The van der Waals surface area contributed by atoms with Crippen LogP contribution in [0.5, 0.6) is 0 Å². The van der Waals surface area contributed by atoms with Crippen molar-refractivity contribution < 1.29 is 5.11 Å². The van der Waals surface area contributed by atoms with E-state index < -0.39 is 0 Å². The number of thiophene rings is 1. The molecule has 0 bridgehead atoms. The number of rotatable bonds is 7. The molecule has 0 saturated heterocycles. The Kier molecular flexibility index (Phi) is 6.31. The number of hydrogen-bond donors (Lipinski definition) is 2. The monoisotopic (exact) mass is 262 g/mol. The first kappa shape index (κ1) is 13.9. The molecule has 0 spiro atoms. The lowest BCUT2D eigenvalue weighted by Gasteiger charge is -2.28. The van der Waals surface area contributed by atoms with Crippen LogP contribution in [0.3, 0.4) is 0 Å². The van der Waals surface area contributed by atoms with Gasteiger partial charge >= 0.3 is 0 Å². The molecule has 3 nitrogen and oxygen atoms in total. The molecule has 3 N–H and O–H groups in total. The lowest BCUT2D eigenvalue weighted by Crippen LogP contribution is -2.34. The molecule has 92 valence electrons. The maximum atomic E-state index is 8.86. The summed E-state index contributed by atoms with van der Waals surface area (Å²) in [5.74, 6) is 0. The van der Waals surface area contributed by atoms with Crippen LogP contribution >= 0.6 is 22.9 Å². The molecule has 1 unspecified atom stereocenters. The average molecular weight is 263 g/mol. The Labute approximate surface area is 106 Å². The van der Waals surface area contributed by atoms with Gasteiger partial charge in [0.2, 0.25) is 0 Å². The van der Waals surface area contributed by atoms with Crippen LogP contribution in [0.1, 0.15) is 24.3 Å². The van der Waals surface area contributed by atoms with Crippen molar-refractivity contribution in [1.82, 2.24) is 4.90 Å². The average Bonchev–Trinajstić information content (AvgIpc) is 2.70. The van der Waals surface area contributed by atoms with Crippen LogP contribution in [-0.2, 0) is 0 Å². The molecule has 1 aromatic heterocycles. The fraction of sp³-hybridized carbons (Fsp3) is 0.636. The van der Waals surface area contributed by atoms with Crippen molar-refractivity contribution in [2.24, 2.45) is 5.73 Å². The summed E-state index contributed by atoms with van der Waals surface area (Å²) < 4.78 is 0.798. The van der Waals surface area contributed by atoms with Gasteiger partial charge in [0.15, 0.2) is 0 Å². The molecule has 0 saturated carbocycles. The summed E-state index contributed by atoms with van der Waals surface area (Å²) in [6.07, 6.45) is 0.781. The minimum absolute atomic E-state index is 0.217. The number of nitrogens with zero attached hydrogens (tertiary/aromatic N) is 1. The molecule has 0 aromatic carbocycles. The number of aliphatic hydroxyl groups excluding tert-OH is 1. The zero-order chi connectivity index (χ0) is 12.0. The van der Waals surface area contributed by atoms with Gasteiger partial charge < -0.3 is 10.8 Å². The van der Waals surface area contributed by atoms with E-state index in [1.54, 1.807) is 11.3 Å². The first-order valence-corrected chi connectivity index (χ1v) is 6.72.